The maximum absolute atomic E-state index is 5.82. The second-order valence-electron chi connectivity index (χ2n) is 5.37. The van der Waals surface area contributed by atoms with E-state index in [4.69, 9.17) is 10.6 Å². The van der Waals surface area contributed by atoms with Gasteiger partial charge in [-0.05, 0) is 27.7 Å². The molecule has 0 fully saturated rings. The van der Waals surface area contributed by atoms with Crippen molar-refractivity contribution in [1.29, 1.82) is 0 Å². The number of nitrogen functional groups attached to an aromatic ring is 1. The monoisotopic (exact) mass is 238 g/mol. The van der Waals surface area contributed by atoms with Crippen LogP contribution in [0.25, 0.3) is 0 Å². The van der Waals surface area contributed by atoms with Gasteiger partial charge in [0, 0.05) is 5.92 Å². The van der Waals surface area contributed by atoms with E-state index in [1.165, 1.54) is 0 Å². The van der Waals surface area contributed by atoms with Crippen LogP contribution in [-0.4, -0.2) is 15.6 Å². The Morgan fingerprint density at radius 3 is 2.24 bits per heavy atom. The first kappa shape index (κ1) is 13.7. The van der Waals surface area contributed by atoms with Crippen LogP contribution in [0, 0.1) is 6.92 Å². The third-order valence-corrected chi connectivity index (χ3v) is 2.17. The number of nitrogens with one attached hydrogen (secondary N) is 1. The number of nitrogens with zero attached hydrogens (tertiary/aromatic N) is 2. The van der Waals surface area contributed by atoms with Gasteiger partial charge in [-0.3, -0.25) is 0 Å². The number of rotatable bonds is 3. The Balaban J connectivity index is 3.23. The van der Waals surface area contributed by atoms with E-state index < -0.39 is 0 Å². The summed E-state index contributed by atoms with van der Waals surface area (Å²) in [4.78, 5) is 8.79. The van der Waals surface area contributed by atoms with Crippen LogP contribution in [0.15, 0.2) is 0 Å². The van der Waals surface area contributed by atoms with Crippen LogP contribution < -0.4 is 16.0 Å². The topological polar surface area (TPSA) is 73.1 Å². The molecule has 3 N–H and O–H groups in total. The van der Waals surface area contributed by atoms with E-state index in [9.17, 15) is 0 Å². The van der Waals surface area contributed by atoms with E-state index in [1.54, 1.807) is 0 Å². The molecule has 0 saturated heterocycles. The molecule has 0 aliphatic rings. The van der Waals surface area contributed by atoms with Crippen molar-refractivity contribution in [2.75, 3.05) is 5.43 Å². The number of anilines is 1. The molecule has 5 nitrogen and oxygen atoms in total. The highest BCUT2D eigenvalue weighted by molar-refractivity contribution is 5.47. The first-order chi connectivity index (χ1) is 7.74. The van der Waals surface area contributed by atoms with Crippen LogP contribution in [0.4, 0.5) is 5.82 Å². The van der Waals surface area contributed by atoms with E-state index in [-0.39, 0.29) is 11.5 Å². The van der Waals surface area contributed by atoms with Crippen molar-refractivity contribution in [3.8, 4) is 5.88 Å². The average Bonchev–Trinajstić information content (AvgIpc) is 2.18. The maximum atomic E-state index is 5.82. The van der Waals surface area contributed by atoms with Crippen molar-refractivity contribution >= 4 is 5.82 Å². The zero-order valence-corrected chi connectivity index (χ0v) is 11.5. The summed E-state index contributed by atoms with van der Waals surface area (Å²) in [7, 11) is 0. The number of hydrazine groups is 1. The molecule has 0 aliphatic heterocycles. The van der Waals surface area contributed by atoms with E-state index in [2.05, 4.69) is 15.4 Å². The van der Waals surface area contributed by atoms with Gasteiger partial charge in [0.1, 0.15) is 17.2 Å². The predicted octanol–water partition coefficient (Wildman–Crippen LogP) is 2.37. The van der Waals surface area contributed by atoms with Crippen LogP contribution in [0.2, 0.25) is 0 Å². The minimum atomic E-state index is -0.292. The van der Waals surface area contributed by atoms with Crippen molar-refractivity contribution in [1.82, 2.24) is 9.97 Å². The normalized spacial score (nSPS) is 11.8. The van der Waals surface area contributed by atoms with Crippen molar-refractivity contribution < 1.29 is 4.74 Å². The number of hydrogen-bond donors (Lipinski definition) is 2. The molecule has 1 aromatic rings. The summed E-state index contributed by atoms with van der Waals surface area (Å²) in [6.45, 7) is 11.9. The molecule has 1 aromatic heterocycles. The first-order valence-corrected chi connectivity index (χ1v) is 5.78. The molecule has 1 rings (SSSR count). The Hall–Kier alpha value is -1.36. The SMILES string of the molecule is Cc1c(NN)nc(C(C)C)nc1OC(C)(C)C. The smallest absolute Gasteiger partial charge is 0.222 e. The van der Waals surface area contributed by atoms with Crippen LogP contribution in [0.5, 0.6) is 5.88 Å². The largest absolute Gasteiger partial charge is 0.472 e. The third-order valence-electron chi connectivity index (χ3n) is 2.17. The Labute approximate surface area is 103 Å². The van der Waals surface area contributed by atoms with Gasteiger partial charge >= 0.3 is 0 Å². The molecular weight excluding hydrogens is 216 g/mol. The fraction of sp³-hybridized carbons (Fsp3) is 0.667. The molecule has 0 saturated carbocycles. The number of nitrogens with two attached hydrogens (primary N) is 1. The predicted molar refractivity (Wildman–Crippen MR) is 69.0 cm³/mol. The van der Waals surface area contributed by atoms with Gasteiger partial charge in [0.15, 0.2) is 0 Å². The molecular formula is C12H22N4O. The van der Waals surface area contributed by atoms with Crippen molar-refractivity contribution in [3.05, 3.63) is 11.4 Å². The van der Waals surface area contributed by atoms with Gasteiger partial charge in [0.25, 0.3) is 0 Å². The molecule has 0 amide bonds. The molecule has 0 spiro atoms. The molecule has 1 heterocycles. The third kappa shape index (κ3) is 3.56. The minimum Gasteiger partial charge on any atom is -0.472 e. The summed E-state index contributed by atoms with van der Waals surface area (Å²) < 4.78 is 5.82. The molecule has 96 valence electrons. The van der Waals surface area contributed by atoms with Crippen molar-refractivity contribution in [3.63, 3.8) is 0 Å². The fourth-order valence-corrected chi connectivity index (χ4v) is 1.30. The van der Waals surface area contributed by atoms with Crippen molar-refractivity contribution in [2.24, 2.45) is 5.84 Å². The molecule has 0 aliphatic carbocycles. The zero-order chi connectivity index (χ0) is 13.2. The summed E-state index contributed by atoms with van der Waals surface area (Å²) in [6, 6.07) is 0. The lowest BCUT2D eigenvalue weighted by molar-refractivity contribution is 0.122. The molecule has 5 heteroatoms. The summed E-state index contributed by atoms with van der Waals surface area (Å²) in [5.41, 5.74) is 3.12. The Kier molecular flexibility index (Phi) is 3.93. The van der Waals surface area contributed by atoms with E-state index in [0.717, 1.165) is 11.4 Å². The van der Waals surface area contributed by atoms with Gasteiger partial charge in [-0.2, -0.15) is 4.98 Å². The van der Waals surface area contributed by atoms with Crippen molar-refractivity contribution in [2.45, 2.75) is 53.1 Å². The standard InChI is InChI=1S/C12H22N4O/c1-7(2)9-14-10(16-13)8(3)11(15-9)17-12(4,5)6/h7H,13H2,1-6H3,(H,14,15,16). The lowest BCUT2D eigenvalue weighted by Gasteiger charge is -2.23. The maximum Gasteiger partial charge on any atom is 0.222 e. The number of aromatic nitrogens is 2. The van der Waals surface area contributed by atoms with Gasteiger partial charge in [0.2, 0.25) is 5.88 Å². The van der Waals surface area contributed by atoms with E-state index in [1.807, 2.05) is 41.5 Å². The average molecular weight is 238 g/mol. The number of ether oxygens (including phenoxy) is 1. The quantitative estimate of drug-likeness (QED) is 0.624. The fourth-order valence-electron chi connectivity index (χ4n) is 1.30. The first-order valence-electron chi connectivity index (χ1n) is 5.78. The lowest BCUT2D eigenvalue weighted by Crippen LogP contribution is -2.25. The number of hydrogen-bond acceptors (Lipinski definition) is 5. The van der Waals surface area contributed by atoms with Gasteiger partial charge in [0.05, 0.1) is 5.56 Å². The van der Waals surface area contributed by atoms with Gasteiger partial charge in [-0.15, -0.1) is 0 Å². The minimum absolute atomic E-state index is 0.227. The van der Waals surface area contributed by atoms with Crippen LogP contribution in [0.1, 0.15) is 51.9 Å². The summed E-state index contributed by atoms with van der Waals surface area (Å²) in [5.74, 6) is 7.61. The molecule has 0 radical (unpaired) electrons. The zero-order valence-electron chi connectivity index (χ0n) is 11.5. The van der Waals surface area contributed by atoms with Gasteiger partial charge in [-0.25, -0.2) is 10.8 Å². The molecule has 0 aromatic carbocycles. The highest BCUT2D eigenvalue weighted by Gasteiger charge is 2.19. The Morgan fingerprint density at radius 1 is 1.24 bits per heavy atom. The molecule has 0 unspecified atom stereocenters. The van der Waals surface area contributed by atoms with Crippen LogP contribution >= 0.6 is 0 Å². The van der Waals surface area contributed by atoms with Crippen LogP contribution in [-0.2, 0) is 0 Å². The van der Waals surface area contributed by atoms with Gasteiger partial charge < -0.3 is 10.2 Å². The second-order valence-corrected chi connectivity index (χ2v) is 5.37. The lowest BCUT2D eigenvalue weighted by atomic mass is 10.2. The van der Waals surface area contributed by atoms with E-state index >= 15 is 0 Å². The second kappa shape index (κ2) is 4.87. The summed E-state index contributed by atoms with van der Waals surface area (Å²) in [5, 5.41) is 0. The molecule has 17 heavy (non-hydrogen) atoms. The molecule has 0 atom stereocenters. The van der Waals surface area contributed by atoms with E-state index in [0.29, 0.717) is 11.7 Å². The van der Waals surface area contributed by atoms with Gasteiger partial charge in [-0.1, -0.05) is 13.8 Å². The highest BCUT2D eigenvalue weighted by atomic mass is 16.5. The summed E-state index contributed by atoms with van der Waals surface area (Å²) >= 11 is 0. The Bertz CT molecular complexity index is 396. The molecule has 0 bridgehead atoms. The summed E-state index contributed by atoms with van der Waals surface area (Å²) in [6.07, 6.45) is 0. The van der Waals surface area contributed by atoms with Crippen LogP contribution in [0.3, 0.4) is 0 Å². The Morgan fingerprint density at radius 2 is 1.82 bits per heavy atom. The highest BCUT2D eigenvalue weighted by Crippen LogP contribution is 2.26.